The normalized spacial score (nSPS) is 13.4. The molecule has 1 aliphatic rings. The van der Waals surface area contributed by atoms with Crippen molar-refractivity contribution in [1.29, 1.82) is 0 Å². The fourth-order valence-corrected chi connectivity index (χ4v) is 2.79. The van der Waals surface area contributed by atoms with Gasteiger partial charge < -0.3 is 19.1 Å². The van der Waals surface area contributed by atoms with Crippen LogP contribution in [-0.2, 0) is 6.54 Å². The van der Waals surface area contributed by atoms with Crippen molar-refractivity contribution in [2.75, 3.05) is 5.32 Å². The molecular formula is C20H18N2O4. The van der Waals surface area contributed by atoms with E-state index in [0.717, 1.165) is 18.6 Å². The van der Waals surface area contributed by atoms with E-state index in [-0.39, 0.29) is 23.6 Å². The van der Waals surface area contributed by atoms with Gasteiger partial charge in [-0.05, 0) is 61.4 Å². The highest BCUT2D eigenvalue weighted by molar-refractivity contribution is 6.02. The summed E-state index contributed by atoms with van der Waals surface area (Å²) in [6.07, 6.45) is 5.09. The summed E-state index contributed by atoms with van der Waals surface area (Å²) in [5.74, 6) is 0.649. The first-order chi connectivity index (χ1) is 12.7. The van der Waals surface area contributed by atoms with Crippen LogP contribution in [0.1, 0.15) is 39.5 Å². The summed E-state index contributed by atoms with van der Waals surface area (Å²) in [5.41, 5.74) is 1.19. The fourth-order valence-electron chi connectivity index (χ4n) is 2.79. The molecule has 1 saturated carbocycles. The van der Waals surface area contributed by atoms with E-state index < -0.39 is 0 Å². The first-order valence-corrected chi connectivity index (χ1v) is 8.49. The second-order valence-corrected chi connectivity index (χ2v) is 6.25. The third-order valence-corrected chi connectivity index (χ3v) is 4.29. The van der Waals surface area contributed by atoms with Crippen LogP contribution >= 0.6 is 0 Å². The zero-order valence-corrected chi connectivity index (χ0v) is 14.1. The highest BCUT2D eigenvalue weighted by atomic mass is 16.3. The molecule has 0 spiro atoms. The molecule has 4 rings (SSSR count). The highest BCUT2D eigenvalue weighted by Crippen LogP contribution is 2.30. The van der Waals surface area contributed by atoms with Gasteiger partial charge in [-0.3, -0.25) is 9.59 Å². The van der Waals surface area contributed by atoms with E-state index in [1.807, 2.05) is 17.0 Å². The van der Waals surface area contributed by atoms with Gasteiger partial charge in [0, 0.05) is 17.3 Å². The van der Waals surface area contributed by atoms with E-state index in [9.17, 15) is 9.59 Å². The van der Waals surface area contributed by atoms with Crippen molar-refractivity contribution in [3.63, 3.8) is 0 Å². The van der Waals surface area contributed by atoms with Crippen molar-refractivity contribution in [3.8, 4) is 0 Å². The lowest BCUT2D eigenvalue weighted by molar-refractivity contribution is 0.0717. The Morgan fingerprint density at radius 1 is 1.00 bits per heavy atom. The molecule has 0 atom stereocenters. The van der Waals surface area contributed by atoms with Crippen LogP contribution in [0.25, 0.3) is 0 Å². The summed E-state index contributed by atoms with van der Waals surface area (Å²) in [7, 11) is 0. The molecule has 0 unspecified atom stereocenters. The molecule has 2 aromatic heterocycles. The number of benzene rings is 1. The Labute approximate surface area is 150 Å². The maximum absolute atomic E-state index is 12.9. The van der Waals surface area contributed by atoms with Crippen molar-refractivity contribution in [1.82, 2.24) is 4.90 Å². The summed E-state index contributed by atoms with van der Waals surface area (Å²) in [5, 5.41) is 2.74. The molecule has 0 aliphatic heterocycles. The number of nitrogens with one attached hydrogen (secondary N) is 1. The molecule has 0 radical (unpaired) electrons. The molecule has 0 bridgehead atoms. The molecule has 1 aliphatic carbocycles. The van der Waals surface area contributed by atoms with E-state index in [1.54, 1.807) is 42.7 Å². The first kappa shape index (κ1) is 16.2. The van der Waals surface area contributed by atoms with Gasteiger partial charge in [-0.15, -0.1) is 0 Å². The Hall–Kier alpha value is -3.28. The number of amides is 2. The minimum absolute atomic E-state index is 0.0344. The van der Waals surface area contributed by atoms with Gasteiger partial charge in [-0.25, -0.2) is 0 Å². The number of carbonyl (C=O) groups is 2. The quantitative estimate of drug-likeness (QED) is 0.731. The van der Waals surface area contributed by atoms with Crippen LogP contribution in [0.5, 0.6) is 0 Å². The monoisotopic (exact) mass is 350 g/mol. The Balaban J connectivity index is 1.45. The van der Waals surface area contributed by atoms with Gasteiger partial charge in [0.05, 0.1) is 19.1 Å². The van der Waals surface area contributed by atoms with Crippen molar-refractivity contribution in [2.24, 2.45) is 0 Å². The molecule has 1 N–H and O–H groups in total. The van der Waals surface area contributed by atoms with Gasteiger partial charge in [-0.2, -0.15) is 0 Å². The average molecular weight is 350 g/mol. The van der Waals surface area contributed by atoms with Crippen LogP contribution in [0.3, 0.4) is 0 Å². The molecule has 6 heteroatoms. The van der Waals surface area contributed by atoms with E-state index in [1.165, 1.54) is 6.26 Å². The summed E-state index contributed by atoms with van der Waals surface area (Å²) in [6, 6.07) is 14.1. The molecular weight excluding hydrogens is 332 g/mol. The van der Waals surface area contributed by atoms with Gasteiger partial charge in [-0.1, -0.05) is 0 Å². The zero-order valence-electron chi connectivity index (χ0n) is 14.1. The Morgan fingerprint density at radius 3 is 2.35 bits per heavy atom. The number of nitrogens with zero attached hydrogens (tertiary/aromatic N) is 1. The highest BCUT2D eigenvalue weighted by Gasteiger charge is 2.33. The van der Waals surface area contributed by atoms with E-state index in [0.29, 0.717) is 17.8 Å². The zero-order chi connectivity index (χ0) is 17.9. The van der Waals surface area contributed by atoms with Crippen LogP contribution in [0, 0.1) is 0 Å². The molecule has 132 valence electrons. The topological polar surface area (TPSA) is 75.7 Å². The van der Waals surface area contributed by atoms with Gasteiger partial charge in [0.15, 0.2) is 5.76 Å². The molecule has 0 saturated heterocycles. The largest absolute Gasteiger partial charge is 0.467 e. The fraction of sp³-hybridized carbons (Fsp3) is 0.200. The molecule has 2 amide bonds. The maximum Gasteiger partial charge on any atom is 0.291 e. The molecule has 2 heterocycles. The number of hydrogen-bond donors (Lipinski definition) is 1. The SMILES string of the molecule is O=C(Nc1ccc(C(=O)N(Cc2ccco2)C2CC2)cc1)c1ccco1. The molecule has 1 aromatic carbocycles. The lowest BCUT2D eigenvalue weighted by Gasteiger charge is -2.21. The third-order valence-electron chi connectivity index (χ3n) is 4.29. The average Bonchev–Trinajstić information content (AvgIpc) is 3.13. The maximum atomic E-state index is 12.9. The lowest BCUT2D eigenvalue weighted by atomic mass is 10.1. The summed E-state index contributed by atoms with van der Waals surface area (Å²) >= 11 is 0. The predicted molar refractivity (Wildman–Crippen MR) is 94.7 cm³/mol. The minimum Gasteiger partial charge on any atom is -0.467 e. The van der Waals surface area contributed by atoms with Gasteiger partial charge in [0.2, 0.25) is 0 Å². The predicted octanol–water partition coefficient (Wildman–Crippen LogP) is 3.93. The van der Waals surface area contributed by atoms with E-state index in [2.05, 4.69) is 5.32 Å². The number of rotatable bonds is 6. The summed E-state index contributed by atoms with van der Waals surface area (Å²) in [4.78, 5) is 26.7. The number of anilines is 1. The van der Waals surface area contributed by atoms with E-state index in [4.69, 9.17) is 8.83 Å². The van der Waals surface area contributed by atoms with Crippen LogP contribution in [-0.4, -0.2) is 22.8 Å². The van der Waals surface area contributed by atoms with Gasteiger partial charge >= 0.3 is 0 Å². The Morgan fingerprint density at radius 2 is 1.73 bits per heavy atom. The van der Waals surface area contributed by atoms with Crippen molar-refractivity contribution in [3.05, 3.63) is 78.1 Å². The second kappa shape index (κ2) is 6.92. The van der Waals surface area contributed by atoms with Crippen LogP contribution in [0.2, 0.25) is 0 Å². The van der Waals surface area contributed by atoms with Gasteiger partial charge in [0.25, 0.3) is 11.8 Å². The number of carbonyl (C=O) groups excluding carboxylic acids is 2. The van der Waals surface area contributed by atoms with Crippen molar-refractivity contribution in [2.45, 2.75) is 25.4 Å². The Kier molecular flexibility index (Phi) is 4.31. The standard InChI is InChI=1S/C20H18N2O4/c23-19(18-4-2-12-26-18)21-15-7-5-14(6-8-15)20(24)22(16-9-10-16)13-17-3-1-11-25-17/h1-8,11-12,16H,9-10,13H2,(H,21,23). The van der Waals surface area contributed by atoms with Gasteiger partial charge in [0.1, 0.15) is 5.76 Å². The second-order valence-electron chi connectivity index (χ2n) is 6.25. The number of hydrogen-bond acceptors (Lipinski definition) is 4. The third kappa shape index (κ3) is 3.54. The summed E-state index contributed by atoms with van der Waals surface area (Å²) in [6.45, 7) is 0.466. The molecule has 3 aromatic rings. The molecule has 26 heavy (non-hydrogen) atoms. The number of furan rings is 2. The smallest absolute Gasteiger partial charge is 0.291 e. The molecule has 1 fully saturated rings. The van der Waals surface area contributed by atoms with E-state index >= 15 is 0 Å². The van der Waals surface area contributed by atoms with Crippen LogP contribution < -0.4 is 5.32 Å². The first-order valence-electron chi connectivity index (χ1n) is 8.49. The molecule has 6 nitrogen and oxygen atoms in total. The van der Waals surface area contributed by atoms with Crippen LogP contribution in [0.4, 0.5) is 5.69 Å². The Bertz CT molecular complexity index is 879. The lowest BCUT2D eigenvalue weighted by Crippen LogP contribution is -2.32. The van der Waals surface area contributed by atoms with Crippen LogP contribution in [0.15, 0.2) is 69.9 Å². The van der Waals surface area contributed by atoms with Crippen molar-refractivity contribution >= 4 is 17.5 Å². The minimum atomic E-state index is -0.327. The summed E-state index contributed by atoms with van der Waals surface area (Å²) < 4.78 is 10.4. The van der Waals surface area contributed by atoms with Crippen molar-refractivity contribution < 1.29 is 18.4 Å².